The van der Waals surface area contributed by atoms with Crippen molar-refractivity contribution < 1.29 is 14.2 Å². The molecule has 1 rings (SSSR count). The molecule has 4 heteroatoms. The van der Waals surface area contributed by atoms with Gasteiger partial charge in [-0.05, 0) is 18.9 Å². The van der Waals surface area contributed by atoms with Crippen molar-refractivity contribution in [1.82, 2.24) is 5.32 Å². The van der Waals surface area contributed by atoms with Gasteiger partial charge in [0.15, 0.2) is 0 Å². The molecule has 1 aromatic carbocycles. The summed E-state index contributed by atoms with van der Waals surface area (Å²) < 4.78 is 16.2. The molecule has 114 valence electrons. The fourth-order valence-corrected chi connectivity index (χ4v) is 1.79. The first-order valence-electron chi connectivity index (χ1n) is 7.19. The Hall–Kier alpha value is -1.26. The van der Waals surface area contributed by atoms with E-state index in [9.17, 15) is 0 Å². The van der Waals surface area contributed by atoms with E-state index in [0.29, 0.717) is 12.6 Å². The zero-order valence-electron chi connectivity index (χ0n) is 13.1. The first-order chi connectivity index (χ1) is 9.67. The zero-order valence-corrected chi connectivity index (χ0v) is 13.1. The second-order valence-corrected chi connectivity index (χ2v) is 5.06. The molecule has 0 aromatic heterocycles. The Morgan fingerprint density at radius 1 is 1.10 bits per heavy atom. The maximum absolute atomic E-state index is 5.88. The molecule has 0 aliphatic carbocycles. The van der Waals surface area contributed by atoms with Gasteiger partial charge in [0, 0.05) is 37.9 Å². The van der Waals surface area contributed by atoms with Crippen LogP contribution in [0, 0.1) is 0 Å². The van der Waals surface area contributed by atoms with Gasteiger partial charge < -0.3 is 19.5 Å². The fourth-order valence-electron chi connectivity index (χ4n) is 1.79. The lowest BCUT2D eigenvalue weighted by Crippen LogP contribution is -2.22. The molecule has 0 saturated heterocycles. The molecular weight excluding hydrogens is 254 g/mol. The summed E-state index contributed by atoms with van der Waals surface area (Å²) in [4.78, 5) is 0. The summed E-state index contributed by atoms with van der Waals surface area (Å²) in [6, 6.07) is 6.42. The van der Waals surface area contributed by atoms with E-state index in [1.165, 1.54) is 0 Å². The molecule has 0 unspecified atom stereocenters. The van der Waals surface area contributed by atoms with Crippen LogP contribution in [0.15, 0.2) is 18.2 Å². The van der Waals surface area contributed by atoms with E-state index in [-0.39, 0.29) is 0 Å². The third-order valence-electron chi connectivity index (χ3n) is 2.98. The highest BCUT2D eigenvalue weighted by Crippen LogP contribution is 2.25. The van der Waals surface area contributed by atoms with E-state index in [1.807, 2.05) is 12.1 Å². The summed E-state index contributed by atoms with van der Waals surface area (Å²) in [5.74, 6) is 1.72. The zero-order chi connectivity index (χ0) is 14.8. The normalized spacial score (nSPS) is 10.8. The summed E-state index contributed by atoms with van der Waals surface area (Å²) in [7, 11) is 3.39. The number of ether oxygens (including phenoxy) is 3. The Balaban J connectivity index is 2.58. The number of rotatable bonds is 10. The van der Waals surface area contributed by atoms with E-state index >= 15 is 0 Å². The molecule has 0 saturated carbocycles. The minimum Gasteiger partial charge on any atom is -0.497 e. The van der Waals surface area contributed by atoms with Gasteiger partial charge in [-0.1, -0.05) is 19.9 Å². The Morgan fingerprint density at radius 2 is 1.85 bits per heavy atom. The van der Waals surface area contributed by atoms with Gasteiger partial charge in [-0.2, -0.15) is 0 Å². The average Bonchev–Trinajstić information content (AvgIpc) is 2.45. The number of methoxy groups -OCH3 is 2. The summed E-state index contributed by atoms with van der Waals surface area (Å²) in [5.41, 5.74) is 1.16. The van der Waals surface area contributed by atoms with Crippen molar-refractivity contribution in [2.24, 2.45) is 0 Å². The van der Waals surface area contributed by atoms with Crippen molar-refractivity contribution >= 4 is 0 Å². The molecule has 0 heterocycles. The molecule has 0 radical (unpaired) electrons. The topological polar surface area (TPSA) is 39.7 Å². The fraction of sp³-hybridized carbons (Fsp3) is 0.625. The van der Waals surface area contributed by atoms with Gasteiger partial charge in [-0.15, -0.1) is 0 Å². The predicted molar refractivity (Wildman–Crippen MR) is 81.6 cm³/mol. The van der Waals surface area contributed by atoms with Crippen molar-refractivity contribution in [3.63, 3.8) is 0 Å². The second kappa shape index (κ2) is 9.61. The summed E-state index contributed by atoms with van der Waals surface area (Å²) in [5, 5.41) is 3.41. The molecule has 0 amide bonds. The van der Waals surface area contributed by atoms with E-state index in [2.05, 4.69) is 25.2 Å². The van der Waals surface area contributed by atoms with Crippen LogP contribution in [0.1, 0.15) is 32.3 Å². The number of benzene rings is 1. The van der Waals surface area contributed by atoms with Crippen molar-refractivity contribution in [2.45, 2.75) is 39.3 Å². The first kappa shape index (κ1) is 16.8. The molecular formula is C16H27NO3. The number of hydrogen-bond donors (Lipinski definition) is 1. The Bertz CT molecular complexity index is 380. The lowest BCUT2D eigenvalue weighted by molar-refractivity contribution is 0.184. The lowest BCUT2D eigenvalue weighted by Gasteiger charge is -2.15. The van der Waals surface area contributed by atoms with Gasteiger partial charge in [0.2, 0.25) is 0 Å². The van der Waals surface area contributed by atoms with Crippen LogP contribution >= 0.6 is 0 Å². The Labute approximate surface area is 122 Å². The Kier molecular flexibility index (Phi) is 8.07. The van der Waals surface area contributed by atoms with Gasteiger partial charge in [0.1, 0.15) is 11.5 Å². The highest BCUT2D eigenvalue weighted by molar-refractivity contribution is 5.40. The van der Waals surface area contributed by atoms with Crippen LogP contribution in [0.3, 0.4) is 0 Å². The van der Waals surface area contributed by atoms with Crippen LogP contribution in [0.5, 0.6) is 11.5 Å². The Morgan fingerprint density at radius 3 is 2.50 bits per heavy atom. The van der Waals surface area contributed by atoms with E-state index in [1.54, 1.807) is 14.2 Å². The number of unbranched alkanes of at least 4 members (excludes halogenated alkanes) is 1. The van der Waals surface area contributed by atoms with Gasteiger partial charge in [0.05, 0.1) is 13.7 Å². The van der Waals surface area contributed by atoms with Crippen molar-refractivity contribution in [3.05, 3.63) is 23.8 Å². The molecule has 20 heavy (non-hydrogen) atoms. The second-order valence-electron chi connectivity index (χ2n) is 5.06. The van der Waals surface area contributed by atoms with Gasteiger partial charge in [-0.3, -0.25) is 0 Å². The van der Waals surface area contributed by atoms with Crippen molar-refractivity contribution in [3.8, 4) is 11.5 Å². The maximum atomic E-state index is 5.88. The first-order valence-corrected chi connectivity index (χ1v) is 7.19. The highest BCUT2D eigenvalue weighted by atomic mass is 16.5. The minimum atomic E-state index is 0.451. The van der Waals surface area contributed by atoms with Crippen LogP contribution in [-0.2, 0) is 11.3 Å². The molecule has 1 aromatic rings. The molecule has 4 nitrogen and oxygen atoms in total. The number of nitrogens with one attached hydrogen (secondary N) is 1. The smallest absolute Gasteiger partial charge is 0.127 e. The summed E-state index contributed by atoms with van der Waals surface area (Å²) in [6.07, 6.45) is 2.00. The predicted octanol–water partition coefficient (Wildman–Crippen LogP) is 3.00. The van der Waals surface area contributed by atoms with Crippen LogP contribution in [0.4, 0.5) is 0 Å². The van der Waals surface area contributed by atoms with E-state index in [0.717, 1.165) is 43.1 Å². The van der Waals surface area contributed by atoms with Gasteiger partial charge >= 0.3 is 0 Å². The third kappa shape index (κ3) is 6.26. The quantitative estimate of drug-likeness (QED) is 0.669. The highest BCUT2D eigenvalue weighted by Gasteiger charge is 2.06. The van der Waals surface area contributed by atoms with E-state index in [4.69, 9.17) is 14.2 Å². The largest absolute Gasteiger partial charge is 0.497 e. The van der Waals surface area contributed by atoms with Crippen LogP contribution < -0.4 is 14.8 Å². The lowest BCUT2D eigenvalue weighted by atomic mass is 10.1. The van der Waals surface area contributed by atoms with Gasteiger partial charge in [-0.25, -0.2) is 0 Å². The number of hydrogen-bond acceptors (Lipinski definition) is 4. The molecule has 0 fully saturated rings. The summed E-state index contributed by atoms with van der Waals surface area (Å²) >= 11 is 0. The monoisotopic (exact) mass is 281 g/mol. The molecule has 0 bridgehead atoms. The SMILES string of the molecule is COCCCCOc1cc(OC)ccc1CNC(C)C. The van der Waals surface area contributed by atoms with Crippen LogP contribution in [-0.4, -0.2) is 33.5 Å². The summed E-state index contributed by atoms with van der Waals surface area (Å²) in [6.45, 7) is 6.55. The molecule has 1 N–H and O–H groups in total. The minimum absolute atomic E-state index is 0.451. The standard InChI is InChI=1S/C16H27NO3/c1-13(2)17-12-14-7-8-15(19-4)11-16(14)20-10-6-5-9-18-3/h7-8,11,13,17H,5-6,9-10,12H2,1-4H3. The molecule has 0 atom stereocenters. The van der Waals surface area contributed by atoms with Gasteiger partial charge in [0.25, 0.3) is 0 Å². The molecule has 0 aliphatic heterocycles. The van der Waals surface area contributed by atoms with Crippen molar-refractivity contribution in [2.75, 3.05) is 27.4 Å². The van der Waals surface area contributed by atoms with Crippen molar-refractivity contribution in [1.29, 1.82) is 0 Å². The third-order valence-corrected chi connectivity index (χ3v) is 2.98. The molecule has 0 aliphatic rings. The maximum Gasteiger partial charge on any atom is 0.127 e. The van der Waals surface area contributed by atoms with Crippen LogP contribution in [0.25, 0.3) is 0 Å². The average molecular weight is 281 g/mol. The van der Waals surface area contributed by atoms with E-state index < -0.39 is 0 Å². The molecule has 0 spiro atoms. The van der Waals surface area contributed by atoms with Crippen LogP contribution in [0.2, 0.25) is 0 Å².